The summed E-state index contributed by atoms with van der Waals surface area (Å²) in [5.74, 6) is 0.0164. The van der Waals surface area contributed by atoms with E-state index >= 15 is 0 Å². The Hall–Kier alpha value is -1.73. The number of thioether (sulfide) groups is 1. The molecule has 1 aliphatic heterocycles. The quantitative estimate of drug-likeness (QED) is 0.732. The Balaban J connectivity index is 2.06. The first-order valence-electron chi connectivity index (χ1n) is 8.66. The minimum Gasteiger partial charge on any atom is -0.610 e. The standard InChI is InChI=1S/C19H23NO4S2/c1-12(2)24-19(21)17-15-10-9-13(3)11-16(15)25-18(17)20-26(22,23)14-7-5-4-6-8-14/h4-8,12-13,21H,9-11H2,1-3H3/p-1. The second-order valence-electron chi connectivity index (χ2n) is 6.87. The van der Waals surface area contributed by atoms with Crippen molar-refractivity contribution in [1.29, 1.82) is 0 Å². The molecule has 0 aromatic heterocycles. The van der Waals surface area contributed by atoms with Gasteiger partial charge in [-0.1, -0.05) is 50.7 Å². The molecular formula is C19H22NO4S2-. The zero-order chi connectivity index (χ0) is 18.9. The molecule has 3 rings (SSSR count). The molecule has 0 saturated carbocycles. The fraction of sp³-hybridized carbons (Fsp3) is 0.421. The third-order valence-corrected chi connectivity index (χ3v) is 6.84. The molecule has 0 radical (unpaired) electrons. The maximum Gasteiger partial charge on any atom is 0.283 e. The Morgan fingerprint density at radius 1 is 1.31 bits per heavy atom. The summed E-state index contributed by atoms with van der Waals surface area (Å²) in [7, 11) is -3.88. The maximum absolute atomic E-state index is 12.7. The monoisotopic (exact) mass is 392 g/mol. The fourth-order valence-electron chi connectivity index (χ4n) is 3.04. The normalized spacial score (nSPS) is 24.2. The predicted molar refractivity (Wildman–Crippen MR) is 102 cm³/mol. The van der Waals surface area contributed by atoms with E-state index in [2.05, 4.69) is 11.3 Å². The van der Waals surface area contributed by atoms with E-state index in [0.717, 1.165) is 29.7 Å². The molecule has 0 saturated heterocycles. The smallest absolute Gasteiger partial charge is 0.283 e. The average molecular weight is 393 g/mol. The molecule has 0 N–H and O–H groups in total. The molecule has 1 unspecified atom stereocenters. The highest BCUT2D eigenvalue weighted by Gasteiger charge is 2.33. The number of allylic oxidation sites excluding steroid dienone is 2. The average Bonchev–Trinajstić information content (AvgIpc) is 2.91. The van der Waals surface area contributed by atoms with Gasteiger partial charge in [-0.2, -0.15) is 12.8 Å². The van der Waals surface area contributed by atoms with Crippen LogP contribution in [0.4, 0.5) is 0 Å². The molecule has 1 aromatic carbocycles. The van der Waals surface area contributed by atoms with Gasteiger partial charge in [-0.25, -0.2) is 0 Å². The van der Waals surface area contributed by atoms with Crippen molar-refractivity contribution in [3.63, 3.8) is 0 Å². The second-order valence-corrected chi connectivity index (χ2v) is 9.55. The van der Waals surface area contributed by atoms with E-state index < -0.39 is 16.0 Å². The summed E-state index contributed by atoms with van der Waals surface area (Å²) in [5, 5.41) is 12.9. The molecule has 26 heavy (non-hydrogen) atoms. The van der Waals surface area contributed by atoms with Crippen LogP contribution in [0.1, 0.15) is 40.0 Å². The van der Waals surface area contributed by atoms with Gasteiger partial charge >= 0.3 is 0 Å². The highest BCUT2D eigenvalue weighted by Crippen LogP contribution is 2.48. The Bertz CT molecular complexity index is 883. The molecule has 1 heterocycles. The fourth-order valence-corrected chi connectivity index (χ4v) is 5.64. The van der Waals surface area contributed by atoms with Crippen LogP contribution >= 0.6 is 11.8 Å². The van der Waals surface area contributed by atoms with Gasteiger partial charge in [0.05, 0.1) is 10.8 Å². The Labute approximate surface area is 158 Å². The lowest BCUT2D eigenvalue weighted by Crippen LogP contribution is -2.19. The molecule has 0 spiro atoms. The van der Waals surface area contributed by atoms with Crippen molar-refractivity contribution in [2.75, 3.05) is 0 Å². The van der Waals surface area contributed by atoms with Crippen molar-refractivity contribution >= 4 is 26.8 Å². The summed E-state index contributed by atoms with van der Waals surface area (Å²) in [6, 6.07) is 8.05. The summed E-state index contributed by atoms with van der Waals surface area (Å²) in [6.45, 7) is 5.71. The van der Waals surface area contributed by atoms with Crippen molar-refractivity contribution in [1.82, 2.24) is 0 Å². The maximum atomic E-state index is 12.7. The van der Waals surface area contributed by atoms with Crippen LogP contribution in [0.15, 0.2) is 61.6 Å². The minimum absolute atomic E-state index is 0.114. The van der Waals surface area contributed by atoms with Gasteiger partial charge in [-0.3, -0.25) is 0 Å². The molecule has 2 aliphatic rings. The van der Waals surface area contributed by atoms with E-state index in [0.29, 0.717) is 11.5 Å². The molecule has 7 heteroatoms. The number of benzene rings is 1. The Morgan fingerprint density at radius 3 is 2.65 bits per heavy atom. The zero-order valence-electron chi connectivity index (χ0n) is 15.1. The minimum atomic E-state index is -3.88. The van der Waals surface area contributed by atoms with Crippen LogP contribution in [0.25, 0.3) is 0 Å². The molecule has 5 nitrogen and oxygen atoms in total. The number of nitrogens with zero attached hydrogens (tertiary/aromatic N) is 1. The lowest BCUT2D eigenvalue weighted by Gasteiger charge is -2.24. The molecule has 1 aromatic rings. The molecule has 1 aliphatic carbocycles. The van der Waals surface area contributed by atoms with Crippen molar-refractivity contribution in [2.24, 2.45) is 10.3 Å². The first-order valence-corrected chi connectivity index (χ1v) is 10.9. The SMILES string of the molecule is CC1CCC2=C(C1)SC(=NS(=O)(=O)c1ccccc1)C2=C([O-])OC(C)C. The Kier molecular flexibility index (Phi) is 5.48. The largest absolute Gasteiger partial charge is 0.610 e. The molecule has 1 atom stereocenters. The third-order valence-electron chi connectivity index (χ3n) is 4.28. The van der Waals surface area contributed by atoms with Crippen molar-refractivity contribution in [3.8, 4) is 0 Å². The predicted octanol–water partition coefficient (Wildman–Crippen LogP) is 3.59. The molecular weight excluding hydrogens is 370 g/mol. The first-order chi connectivity index (χ1) is 12.3. The Morgan fingerprint density at radius 2 is 2.00 bits per heavy atom. The molecule has 0 bridgehead atoms. The van der Waals surface area contributed by atoms with E-state index in [1.807, 2.05) is 0 Å². The summed E-state index contributed by atoms with van der Waals surface area (Å²) >= 11 is 1.30. The van der Waals surface area contributed by atoms with Crippen LogP contribution in [0, 0.1) is 5.92 Å². The molecule has 140 valence electrons. The van der Waals surface area contributed by atoms with Crippen LogP contribution in [0.2, 0.25) is 0 Å². The van der Waals surface area contributed by atoms with Gasteiger partial charge in [0.2, 0.25) is 0 Å². The topological polar surface area (TPSA) is 78.8 Å². The third kappa shape index (κ3) is 3.99. The van der Waals surface area contributed by atoms with Crippen molar-refractivity contribution in [2.45, 2.75) is 51.0 Å². The van der Waals surface area contributed by atoms with E-state index in [1.54, 1.807) is 32.0 Å². The van der Waals surface area contributed by atoms with Gasteiger partial charge in [0.15, 0.2) is 0 Å². The zero-order valence-corrected chi connectivity index (χ0v) is 16.7. The summed E-state index contributed by atoms with van der Waals surface area (Å²) in [6.07, 6.45) is 2.27. The second kappa shape index (κ2) is 7.48. The van der Waals surface area contributed by atoms with Crippen LogP contribution in [0.3, 0.4) is 0 Å². The van der Waals surface area contributed by atoms with Gasteiger partial charge < -0.3 is 9.84 Å². The van der Waals surface area contributed by atoms with E-state index in [9.17, 15) is 13.5 Å². The number of hydrogen-bond acceptors (Lipinski definition) is 5. The highest BCUT2D eigenvalue weighted by atomic mass is 32.2. The van der Waals surface area contributed by atoms with Crippen LogP contribution in [-0.2, 0) is 14.8 Å². The van der Waals surface area contributed by atoms with E-state index in [1.165, 1.54) is 23.9 Å². The van der Waals surface area contributed by atoms with Gasteiger partial charge in [-0.15, -0.1) is 0 Å². The lowest BCUT2D eigenvalue weighted by molar-refractivity contribution is -0.362. The van der Waals surface area contributed by atoms with Crippen LogP contribution in [-0.4, -0.2) is 19.6 Å². The van der Waals surface area contributed by atoms with Crippen molar-refractivity contribution in [3.05, 3.63) is 52.3 Å². The summed E-state index contributed by atoms with van der Waals surface area (Å²) in [4.78, 5) is 1.16. The number of rotatable bonds is 4. The van der Waals surface area contributed by atoms with Gasteiger partial charge in [0.1, 0.15) is 5.04 Å². The van der Waals surface area contributed by atoms with Crippen molar-refractivity contribution < 1.29 is 18.3 Å². The van der Waals surface area contributed by atoms with Gasteiger partial charge in [0.25, 0.3) is 10.0 Å². The van der Waals surface area contributed by atoms with Crippen LogP contribution in [0.5, 0.6) is 0 Å². The first kappa shape index (κ1) is 19.0. The van der Waals surface area contributed by atoms with Crippen LogP contribution < -0.4 is 5.11 Å². The van der Waals surface area contributed by atoms with E-state index in [-0.39, 0.29) is 16.0 Å². The van der Waals surface area contributed by atoms with Gasteiger partial charge in [0, 0.05) is 5.57 Å². The lowest BCUT2D eigenvalue weighted by atomic mass is 9.88. The number of hydrogen-bond donors (Lipinski definition) is 0. The summed E-state index contributed by atoms with van der Waals surface area (Å²) in [5.41, 5.74) is 1.23. The highest BCUT2D eigenvalue weighted by molar-refractivity contribution is 8.18. The molecule has 0 fully saturated rings. The molecule has 0 amide bonds. The number of ether oxygens (including phenoxy) is 1. The number of sulfonamides is 1. The van der Waals surface area contributed by atoms with Gasteiger partial charge in [-0.05, 0) is 53.9 Å². The summed E-state index contributed by atoms with van der Waals surface area (Å²) < 4.78 is 34.7. The van der Waals surface area contributed by atoms with E-state index in [4.69, 9.17) is 4.74 Å².